The molecule has 2 N–H and O–H groups in total. The lowest BCUT2D eigenvalue weighted by Gasteiger charge is -2.06. The maximum atomic E-state index is 5.99. The molecule has 1 unspecified atom stereocenters. The number of rotatable bonds is 2. The van der Waals surface area contributed by atoms with Crippen LogP contribution in [0.2, 0.25) is 0 Å². The van der Waals surface area contributed by atoms with E-state index in [0.717, 1.165) is 11.4 Å². The molecule has 0 aliphatic carbocycles. The number of aryl methyl sites for hydroxylation is 1. The van der Waals surface area contributed by atoms with Crippen molar-refractivity contribution in [1.82, 2.24) is 14.8 Å². The topological polar surface area (TPSA) is 56.7 Å². The molecule has 0 amide bonds. The first-order valence-electron chi connectivity index (χ1n) is 4.43. The molecule has 2 aromatic rings. The molecule has 4 heteroatoms. The average Bonchev–Trinajstić information content (AvgIpc) is 2.65. The second-order valence-corrected chi connectivity index (χ2v) is 3.15. The monoisotopic (exact) mass is 188 g/mol. The van der Waals surface area contributed by atoms with Crippen LogP contribution >= 0.6 is 0 Å². The average molecular weight is 188 g/mol. The molecular formula is C10H12N4. The first kappa shape index (κ1) is 8.90. The second kappa shape index (κ2) is 3.59. The van der Waals surface area contributed by atoms with E-state index in [0.29, 0.717) is 0 Å². The van der Waals surface area contributed by atoms with Gasteiger partial charge >= 0.3 is 0 Å². The van der Waals surface area contributed by atoms with Crippen LogP contribution in [0.5, 0.6) is 0 Å². The van der Waals surface area contributed by atoms with Crippen molar-refractivity contribution in [1.29, 1.82) is 0 Å². The molecule has 0 aliphatic heterocycles. The Hall–Kier alpha value is -1.68. The number of hydrogen-bond donors (Lipinski definition) is 1. The van der Waals surface area contributed by atoms with E-state index in [-0.39, 0.29) is 6.04 Å². The molecule has 2 heterocycles. The summed E-state index contributed by atoms with van der Waals surface area (Å²) in [6, 6.07) is 7.36. The van der Waals surface area contributed by atoms with Crippen LogP contribution in [0.1, 0.15) is 17.4 Å². The van der Waals surface area contributed by atoms with Crippen LogP contribution in [-0.2, 0) is 7.05 Å². The molecule has 14 heavy (non-hydrogen) atoms. The highest BCUT2D eigenvalue weighted by Gasteiger charge is 2.11. The summed E-state index contributed by atoms with van der Waals surface area (Å²) in [7, 11) is 1.87. The maximum Gasteiger partial charge on any atom is 0.0918 e. The summed E-state index contributed by atoms with van der Waals surface area (Å²) in [5.74, 6) is 0. The van der Waals surface area contributed by atoms with E-state index in [1.54, 1.807) is 10.9 Å². The van der Waals surface area contributed by atoms with Gasteiger partial charge in [-0.25, -0.2) is 0 Å². The predicted molar refractivity (Wildman–Crippen MR) is 53.5 cm³/mol. The van der Waals surface area contributed by atoms with Crippen molar-refractivity contribution in [2.45, 2.75) is 6.04 Å². The molecule has 0 saturated carbocycles. The molecule has 1 atom stereocenters. The van der Waals surface area contributed by atoms with Crippen LogP contribution in [0.4, 0.5) is 0 Å². The highest BCUT2D eigenvalue weighted by atomic mass is 15.3. The third kappa shape index (κ3) is 1.65. The van der Waals surface area contributed by atoms with Crippen molar-refractivity contribution in [3.63, 3.8) is 0 Å². The van der Waals surface area contributed by atoms with E-state index in [2.05, 4.69) is 10.1 Å². The molecular weight excluding hydrogens is 176 g/mol. The molecule has 0 radical (unpaired) electrons. The Morgan fingerprint density at radius 3 is 2.71 bits per heavy atom. The molecule has 0 aromatic carbocycles. The van der Waals surface area contributed by atoms with E-state index < -0.39 is 0 Å². The lowest BCUT2D eigenvalue weighted by Crippen LogP contribution is -2.14. The summed E-state index contributed by atoms with van der Waals surface area (Å²) in [6.45, 7) is 0. The van der Waals surface area contributed by atoms with Crippen LogP contribution in [0.3, 0.4) is 0 Å². The number of nitrogens with zero attached hydrogens (tertiary/aromatic N) is 3. The van der Waals surface area contributed by atoms with Crippen LogP contribution < -0.4 is 5.73 Å². The fourth-order valence-corrected chi connectivity index (χ4v) is 1.31. The number of pyridine rings is 1. The van der Waals surface area contributed by atoms with Gasteiger partial charge in [0.05, 0.1) is 17.4 Å². The number of hydrogen-bond acceptors (Lipinski definition) is 3. The molecule has 0 aliphatic rings. The summed E-state index contributed by atoms with van der Waals surface area (Å²) in [5.41, 5.74) is 7.67. The highest BCUT2D eigenvalue weighted by Crippen LogP contribution is 2.14. The molecule has 2 aromatic heterocycles. The third-order valence-electron chi connectivity index (χ3n) is 2.06. The quantitative estimate of drug-likeness (QED) is 0.760. The van der Waals surface area contributed by atoms with Crippen LogP contribution in [0.15, 0.2) is 36.7 Å². The van der Waals surface area contributed by atoms with Gasteiger partial charge in [0.15, 0.2) is 0 Å². The fourth-order valence-electron chi connectivity index (χ4n) is 1.31. The Bertz CT molecular complexity index is 407. The Labute approximate surface area is 82.4 Å². The van der Waals surface area contributed by atoms with E-state index in [4.69, 9.17) is 5.73 Å². The zero-order valence-electron chi connectivity index (χ0n) is 7.96. The molecule has 72 valence electrons. The normalized spacial score (nSPS) is 12.7. The Morgan fingerprint density at radius 2 is 2.14 bits per heavy atom. The van der Waals surface area contributed by atoms with Gasteiger partial charge < -0.3 is 5.73 Å². The molecule has 0 saturated heterocycles. The van der Waals surface area contributed by atoms with Crippen LogP contribution in [0, 0.1) is 0 Å². The van der Waals surface area contributed by atoms with E-state index in [1.165, 1.54) is 0 Å². The van der Waals surface area contributed by atoms with E-state index in [9.17, 15) is 0 Å². The van der Waals surface area contributed by atoms with E-state index >= 15 is 0 Å². The summed E-state index contributed by atoms with van der Waals surface area (Å²) >= 11 is 0. The summed E-state index contributed by atoms with van der Waals surface area (Å²) in [5, 5.41) is 4.24. The summed E-state index contributed by atoms with van der Waals surface area (Å²) < 4.78 is 1.73. The number of aromatic nitrogens is 3. The molecule has 0 bridgehead atoms. The van der Waals surface area contributed by atoms with Gasteiger partial charge in [-0.05, 0) is 18.2 Å². The minimum atomic E-state index is -0.239. The smallest absolute Gasteiger partial charge is 0.0918 e. The van der Waals surface area contributed by atoms with Gasteiger partial charge in [-0.15, -0.1) is 0 Å². The largest absolute Gasteiger partial charge is 0.318 e. The minimum Gasteiger partial charge on any atom is -0.318 e. The van der Waals surface area contributed by atoms with Crippen LogP contribution in [-0.4, -0.2) is 14.8 Å². The fraction of sp³-hybridized carbons (Fsp3) is 0.200. The van der Waals surface area contributed by atoms with Crippen molar-refractivity contribution in [2.24, 2.45) is 12.8 Å². The zero-order valence-corrected chi connectivity index (χ0v) is 7.96. The standard InChI is InChI=1S/C10H12N4/c1-14-7-5-9(13-14)10(11)8-4-2-3-6-12-8/h2-7,10H,11H2,1H3. The van der Waals surface area contributed by atoms with Crippen molar-refractivity contribution >= 4 is 0 Å². The van der Waals surface area contributed by atoms with Crippen molar-refractivity contribution in [3.8, 4) is 0 Å². The predicted octanol–water partition coefficient (Wildman–Crippen LogP) is 0.863. The van der Waals surface area contributed by atoms with Crippen molar-refractivity contribution < 1.29 is 0 Å². The number of nitrogens with two attached hydrogens (primary N) is 1. The first-order valence-corrected chi connectivity index (χ1v) is 4.43. The third-order valence-corrected chi connectivity index (χ3v) is 2.06. The van der Waals surface area contributed by atoms with Crippen molar-refractivity contribution in [3.05, 3.63) is 48.0 Å². The Kier molecular flexibility index (Phi) is 2.28. The Balaban J connectivity index is 2.29. The van der Waals surface area contributed by atoms with Gasteiger partial charge in [-0.1, -0.05) is 6.07 Å². The summed E-state index contributed by atoms with van der Waals surface area (Å²) in [4.78, 5) is 4.19. The molecule has 0 spiro atoms. The lowest BCUT2D eigenvalue weighted by molar-refractivity contribution is 0.707. The maximum absolute atomic E-state index is 5.99. The second-order valence-electron chi connectivity index (χ2n) is 3.15. The molecule has 2 rings (SSSR count). The van der Waals surface area contributed by atoms with E-state index in [1.807, 2.05) is 37.5 Å². The lowest BCUT2D eigenvalue weighted by atomic mass is 10.1. The van der Waals surface area contributed by atoms with Gasteiger partial charge in [0, 0.05) is 19.4 Å². The zero-order chi connectivity index (χ0) is 9.97. The molecule has 0 fully saturated rings. The Morgan fingerprint density at radius 1 is 1.29 bits per heavy atom. The summed E-state index contributed by atoms with van der Waals surface area (Å²) in [6.07, 6.45) is 3.61. The van der Waals surface area contributed by atoms with Crippen LogP contribution in [0.25, 0.3) is 0 Å². The van der Waals surface area contributed by atoms with Gasteiger partial charge in [-0.3, -0.25) is 9.67 Å². The minimum absolute atomic E-state index is 0.239. The highest BCUT2D eigenvalue weighted by molar-refractivity contribution is 5.19. The SMILES string of the molecule is Cn1ccc(C(N)c2ccccn2)n1. The first-order chi connectivity index (χ1) is 6.77. The van der Waals surface area contributed by atoms with Gasteiger partial charge in [0.2, 0.25) is 0 Å². The van der Waals surface area contributed by atoms with Gasteiger partial charge in [0.1, 0.15) is 0 Å². The van der Waals surface area contributed by atoms with Crippen molar-refractivity contribution in [2.75, 3.05) is 0 Å². The van der Waals surface area contributed by atoms with Gasteiger partial charge in [-0.2, -0.15) is 5.10 Å². The van der Waals surface area contributed by atoms with Gasteiger partial charge in [0.25, 0.3) is 0 Å². The molecule has 4 nitrogen and oxygen atoms in total.